The standard InChI is InChI=1S/C15H18N6/c1-10(2)20-13(6-8-17-20)15-18-12(4)19-21(15)14-9-11(3)5-7-16-14/h5-10H,1-4H3. The highest BCUT2D eigenvalue weighted by atomic mass is 15.4. The molecule has 3 aromatic heterocycles. The van der Waals surface area contributed by atoms with Crippen molar-refractivity contribution in [3.05, 3.63) is 42.0 Å². The third-order valence-electron chi connectivity index (χ3n) is 3.22. The molecule has 0 radical (unpaired) electrons. The molecule has 0 aliphatic carbocycles. The van der Waals surface area contributed by atoms with E-state index in [-0.39, 0.29) is 6.04 Å². The Kier molecular flexibility index (Phi) is 3.29. The van der Waals surface area contributed by atoms with Gasteiger partial charge in [0.2, 0.25) is 0 Å². The third-order valence-corrected chi connectivity index (χ3v) is 3.22. The van der Waals surface area contributed by atoms with Crippen LogP contribution in [0.25, 0.3) is 17.3 Å². The number of aromatic nitrogens is 6. The van der Waals surface area contributed by atoms with Crippen molar-refractivity contribution >= 4 is 0 Å². The van der Waals surface area contributed by atoms with Crippen molar-refractivity contribution in [1.82, 2.24) is 29.5 Å². The zero-order valence-corrected chi connectivity index (χ0v) is 12.6. The van der Waals surface area contributed by atoms with Crippen LogP contribution < -0.4 is 0 Å². The van der Waals surface area contributed by atoms with E-state index in [9.17, 15) is 0 Å². The van der Waals surface area contributed by atoms with Crippen molar-refractivity contribution in [1.29, 1.82) is 0 Å². The van der Waals surface area contributed by atoms with Crippen LogP contribution in [-0.2, 0) is 0 Å². The summed E-state index contributed by atoms with van der Waals surface area (Å²) < 4.78 is 3.72. The van der Waals surface area contributed by atoms with Gasteiger partial charge in [-0.3, -0.25) is 4.68 Å². The van der Waals surface area contributed by atoms with Gasteiger partial charge in [-0.05, 0) is 51.5 Å². The van der Waals surface area contributed by atoms with Gasteiger partial charge in [0.15, 0.2) is 11.6 Å². The number of pyridine rings is 1. The molecule has 3 aromatic rings. The quantitative estimate of drug-likeness (QED) is 0.741. The van der Waals surface area contributed by atoms with E-state index in [1.165, 1.54) is 0 Å². The van der Waals surface area contributed by atoms with Crippen LogP contribution in [-0.4, -0.2) is 29.5 Å². The Morgan fingerprint density at radius 2 is 1.90 bits per heavy atom. The molecule has 3 heterocycles. The molecular weight excluding hydrogens is 264 g/mol. The molecule has 21 heavy (non-hydrogen) atoms. The average molecular weight is 282 g/mol. The van der Waals surface area contributed by atoms with Crippen LogP contribution >= 0.6 is 0 Å². The number of hydrogen-bond acceptors (Lipinski definition) is 4. The van der Waals surface area contributed by atoms with Crippen molar-refractivity contribution in [2.45, 2.75) is 33.7 Å². The Morgan fingerprint density at radius 3 is 2.62 bits per heavy atom. The maximum absolute atomic E-state index is 4.55. The van der Waals surface area contributed by atoms with Crippen LogP contribution in [0, 0.1) is 13.8 Å². The highest BCUT2D eigenvalue weighted by Crippen LogP contribution is 2.22. The summed E-state index contributed by atoms with van der Waals surface area (Å²) >= 11 is 0. The summed E-state index contributed by atoms with van der Waals surface area (Å²) in [5.41, 5.74) is 2.07. The van der Waals surface area contributed by atoms with E-state index in [0.717, 1.165) is 22.9 Å². The molecule has 0 aliphatic heterocycles. The number of rotatable bonds is 3. The molecular formula is C15H18N6. The van der Waals surface area contributed by atoms with Crippen LogP contribution in [0.2, 0.25) is 0 Å². The van der Waals surface area contributed by atoms with Crippen LogP contribution in [0.5, 0.6) is 0 Å². The molecule has 3 rings (SSSR count). The second-order valence-corrected chi connectivity index (χ2v) is 5.34. The first-order valence-corrected chi connectivity index (χ1v) is 6.97. The smallest absolute Gasteiger partial charge is 0.183 e. The van der Waals surface area contributed by atoms with Crippen LogP contribution in [0.4, 0.5) is 0 Å². The van der Waals surface area contributed by atoms with Gasteiger partial charge in [0.1, 0.15) is 11.5 Å². The van der Waals surface area contributed by atoms with Gasteiger partial charge >= 0.3 is 0 Å². The van der Waals surface area contributed by atoms with E-state index >= 15 is 0 Å². The van der Waals surface area contributed by atoms with Gasteiger partial charge in [-0.15, -0.1) is 5.10 Å². The SMILES string of the molecule is Cc1ccnc(-n2nc(C)nc2-c2ccnn2C(C)C)c1. The summed E-state index contributed by atoms with van der Waals surface area (Å²) in [4.78, 5) is 8.95. The lowest BCUT2D eigenvalue weighted by atomic mass is 10.3. The number of hydrogen-bond donors (Lipinski definition) is 0. The monoisotopic (exact) mass is 282 g/mol. The highest BCUT2D eigenvalue weighted by molar-refractivity contribution is 5.52. The van der Waals surface area contributed by atoms with E-state index < -0.39 is 0 Å². The Morgan fingerprint density at radius 1 is 1.10 bits per heavy atom. The molecule has 0 amide bonds. The zero-order chi connectivity index (χ0) is 15.0. The summed E-state index contributed by atoms with van der Waals surface area (Å²) in [6.45, 7) is 8.10. The maximum Gasteiger partial charge on any atom is 0.183 e. The van der Waals surface area contributed by atoms with Gasteiger partial charge in [0.05, 0.1) is 0 Å². The lowest BCUT2D eigenvalue weighted by Gasteiger charge is -2.11. The van der Waals surface area contributed by atoms with E-state index in [4.69, 9.17) is 0 Å². The first-order chi connectivity index (χ1) is 10.1. The second-order valence-electron chi connectivity index (χ2n) is 5.34. The van der Waals surface area contributed by atoms with Gasteiger partial charge in [0.25, 0.3) is 0 Å². The molecule has 0 fully saturated rings. The van der Waals surface area contributed by atoms with Crippen LogP contribution in [0.15, 0.2) is 30.6 Å². The molecule has 0 N–H and O–H groups in total. The van der Waals surface area contributed by atoms with Gasteiger partial charge in [0, 0.05) is 18.4 Å². The van der Waals surface area contributed by atoms with Crippen LogP contribution in [0.1, 0.15) is 31.3 Å². The van der Waals surface area contributed by atoms with Crippen molar-refractivity contribution in [3.8, 4) is 17.3 Å². The lowest BCUT2D eigenvalue weighted by molar-refractivity contribution is 0.536. The Bertz CT molecular complexity index is 768. The topological polar surface area (TPSA) is 61.4 Å². The molecule has 0 atom stereocenters. The summed E-state index contributed by atoms with van der Waals surface area (Å²) in [5, 5.41) is 8.85. The summed E-state index contributed by atoms with van der Waals surface area (Å²) in [6.07, 6.45) is 3.57. The lowest BCUT2D eigenvalue weighted by Crippen LogP contribution is -2.09. The predicted molar refractivity (Wildman–Crippen MR) is 80.2 cm³/mol. The normalized spacial score (nSPS) is 11.3. The first-order valence-electron chi connectivity index (χ1n) is 6.97. The van der Waals surface area contributed by atoms with E-state index in [2.05, 4.69) is 34.0 Å². The van der Waals surface area contributed by atoms with Crippen LogP contribution in [0.3, 0.4) is 0 Å². The van der Waals surface area contributed by atoms with E-state index in [1.54, 1.807) is 17.1 Å². The van der Waals surface area contributed by atoms with E-state index in [1.807, 2.05) is 36.7 Å². The molecule has 0 bridgehead atoms. The molecule has 0 saturated carbocycles. The minimum atomic E-state index is 0.255. The minimum absolute atomic E-state index is 0.255. The molecule has 0 aromatic carbocycles. The first kappa shape index (κ1) is 13.5. The molecule has 0 unspecified atom stereocenters. The number of nitrogens with zero attached hydrogens (tertiary/aromatic N) is 6. The fourth-order valence-corrected chi connectivity index (χ4v) is 2.28. The highest BCUT2D eigenvalue weighted by Gasteiger charge is 2.17. The largest absolute Gasteiger partial charge is 0.259 e. The average Bonchev–Trinajstić information content (AvgIpc) is 3.04. The van der Waals surface area contributed by atoms with Gasteiger partial charge < -0.3 is 0 Å². The summed E-state index contributed by atoms with van der Waals surface area (Å²) in [5.74, 6) is 2.24. The van der Waals surface area contributed by atoms with Crippen molar-refractivity contribution < 1.29 is 0 Å². The molecule has 0 spiro atoms. The zero-order valence-electron chi connectivity index (χ0n) is 12.6. The van der Waals surface area contributed by atoms with Crippen molar-refractivity contribution in [2.75, 3.05) is 0 Å². The van der Waals surface area contributed by atoms with E-state index in [0.29, 0.717) is 5.82 Å². The van der Waals surface area contributed by atoms with Gasteiger partial charge in [-0.25, -0.2) is 9.97 Å². The Labute approximate surface area is 123 Å². The van der Waals surface area contributed by atoms with Gasteiger partial charge in [-0.2, -0.15) is 9.78 Å². The molecule has 0 aliphatic rings. The predicted octanol–water partition coefficient (Wildman–Crippen LogP) is 2.72. The second kappa shape index (κ2) is 5.12. The van der Waals surface area contributed by atoms with Crippen molar-refractivity contribution in [3.63, 3.8) is 0 Å². The molecule has 6 heteroatoms. The fourth-order valence-electron chi connectivity index (χ4n) is 2.28. The Balaban J connectivity index is 2.18. The Hall–Kier alpha value is -2.50. The fraction of sp³-hybridized carbons (Fsp3) is 0.333. The summed E-state index contributed by atoms with van der Waals surface area (Å²) in [7, 11) is 0. The maximum atomic E-state index is 4.55. The molecule has 0 saturated heterocycles. The minimum Gasteiger partial charge on any atom is -0.259 e. The third kappa shape index (κ3) is 2.44. The van der Waals surface area contributed by atoms with Crippen molar-refractivity contribution in [2.24, 2.45) is 0 Å². The summed E-state index contributed by atoms with van der Waals surface area (Å²) in [6, 6.07) is 6.17. The molecule has 108 valence electrons. The molecule has 6 nitrogen and oxygen atoms in total. The number of aryl methyl sites for hydroxylation is 2. The van der Waals surface area contributed by atoms with Gasteiger partial charge in [-0.1, -0.05) is 0 Å².